The Balaban J connectivity index is 1.84. The fourth-order valence-electron chi connectivity index (χ4n) is 1.67. The second-order valence-corrected chi connectivity index (χ2v) is 6.04. The van der Waals surface area contributed by atoms with Crippen LogP contribution in [0.5, 0.6) is 0 Å². The van der Waals surface area contributed by atoms with Crippen molar-refractivity contribution in [2.75, 3.05) is 18.1 Å². The van der Waals surface area contributed by atoms with Gasteiger partial charge in [0.05, 0.1) is 5.60 Å². The quantitative estimate of drug-likeness (QED) is 0.867. The Morgan fingerprint density at radius 3 is 2.88 bits per heavy atom. The highest BCUT2D eigenvalue weighted by atomic mass is 32.2. The van der Waals surface area contributed by atoms with Crippen molar-refractivity contribution in [3.8, 4) is 0 Å². The average molecular weight is 257 g/mol. The number of hydrogen-bond acceptors (Lipinski definition) is 4. The van der Waals surface area contributed by atoms with Gasteiger partial charge in [-0.05, 0) is 35.8 Å². The molecule has 0 aromatic carbocycles. The first-order chi connectivity index (χ1) is 7.70. The summed E-state index contributed by atoms with van der Waals surface area (Å²) in [4.78, 5) is 11.7. The standard InChI is InChI=1S/C11H15NO2S2/c13-10(9-1-4-16-7-9)12-8-11(14)2-5-15-6-3-11/h1,4,7,14H,2-3,5-6,8H2,(H,12,13). The molecule has 0 saturated carbocycles. The summed E-state index contributed by atoms with van der Waals surface area (Å²) in [5.41, 5.74) is -0.0181. The van der Waals surface area contributed by atoms with Crippen LogP contribution in [0, 0.1) is 0 Å². The Morgan fingerprint density at radius 1 is 1.50 bits per heavy atom. The Labute approximate surface area is 103 Å². The zero-order chi connectivity index (χ0) is 11.4. The number of hydrogen-bond donors (Lipinski definition) is 2. The number of carbonyl (C=O) groups is 1. The van der Waals surface area contributed by atoms with Crippen LogP contribution < -0.4 is 5.32 Å². The molecule has 0 atom stereocenters. The lowest BCUT2D eigenvalue weighted by Gasteiger charge is -2.31. The summed E-state index contributed by atoms with van der Waals surface area (Å²) in [6, 6.07) is 1.79. The van der Waals surface area contributed by atoms with E-state index in [2.05, 4.69) is 5.32 Å². The summed E-state index contributed by atoms with van der Waals surface area (Å²) in [6.45, 7) is 0.363. The summed E-state index contributed by atoms with van der Waals surface area (Å²) in [6.07, 6.45) is 1.53. The lowest BCUT2D eigenvalue weighted by atomic mass is 9.97. The number of aliphatic hydroxyl groups is 1. The number of nitrogens with one attached hydrogen (secondary N) is 1. The summed E-state index contributed by atoms with van der Waals surface area (Å²) in [7, 11) is 0. The van der Waals surface area contributed by atoms with Crippen LogP contribution in [0.4, 0.5) is 0 Å². The van der Waals surface area contributed by atoms with Crippen molar-refractivity contribution in [2.24, 2.45) is 0 Å². The van der Waals surface area contributed by atoms with Crippen molar-refractivity contribution in [2.45, 2.75) is 18.4 Å². The molecule has 1 fully saturated rings. The minimum absolute atomic E-state index is 0.0899. The third-order valence-corrected chi connectivity index (χ3v) is 4.45. The van der Waals surface area contributed by atoms with E-state index in [0.29, 0.717) is 12.1 Å². The maximum Gasteiger partial charge on any atom is 0.252 e. The zero-order valence-electron chi connectivity index (χ0n) is 8.94. The third kappa shape index (κ3) is 2.99. The molecule has 2 rings (SSSR count). The monoisotopic (exact) mass is 257 g/mol. The van der Waals surface area contributed by atoms with Gasteiger partial charge in [-0.25, -0.2) is 0 Å². The number of thioether (sulfide) groups is 1. The largest absolute Gasteiger partial charge is 0.388 e. The molecule has 88 valence electrons. The lowest BCUT2D eigenvalue weighted by molar-refractivity contribution is 0.0311. The van der Waals surface area contributed by atoms with Gasteiger partial charge in [0.15, 0.2) is 0 Å². The Bertz CT molecular complexity index is 345. The van der Waals surface area contributed by atoms with Crippen molar-refractivity contribution >= 4 is 29.0 Å². The molecule has 0 spiro atoms. The van der Waals surface area contributed by atoms with E-state index in [0.717, 1.165) is 24.3 Å². The molecule has 1 amide bonds. The molecule has 1 aromatic heterocycles. The van der Waals surface area contributed by atoms with Crippen LogP contribution in [0.15, 0.2) is 16.8 Å². The molecule has 0 unspecified atom stereocenters. The van der Waals surface area contributed by atoms with Crippen LogP contribution in [-0.2, 0) is 0 Å². The van der Waals surface area contributed by atoms with Gasteiger partial charge in [0.25, 0.3) is 5.91 Å². The van der Waals surface area contributed by atoms with Gasteiger partial charge in [0.2, 0.25) is 0 Å². The molecular formula is C11H15NO2S2. The maximum atomic E-state index is 11.7. The Kier molecular flexibility index (Phi) is 3.89. The van der Waals surface area contributed by atoms with E-state index in [4.69, 9.17) is 0 Å². The van der Waals surface area contributed by atoms with Crippen molar-refractivity contribution in [1.82, 2.24) is 5.32 Å². The first-order valence-electron chi connectivity index (χ1n) is 5.30. The van der Waals surface area contributed by atoms with E-state index in [1.54, 1.807) is 6.07 Å². The smallest absolute Gasteiger partial charge is 0.252 e. The van der Waals surface area contributed by atoms with Crippen molar-refractivity contribution in [1.29, 1.82) is 0 Å². The molecule has 0 radical (unpaired) electrons. The van der Waals surface area contributed by atoms with Gasteiger partial charge in [0, 0.05) is 17.5 Å². The topological polar surface area (TPSA) is 49.3 Å². The Hall–Kier alpha value is -0.520. The van der Waals surface area contributed by atoms with Crippen molar-refractivity contribution in [3.05, 3.63) is 22.4 Å². The fourth-order valence-corrected chi connectivity index (χ4v) is 3.56. The van der Waals surface area contributed by atoms with Gasteiger partial charge in [0.1, 0.15) is 0 Å². The number of carbonyl (C=O) groups excluding carboxylic acids is 1. The highest BCUT2D eigenvalue weighted by Gasteiger charge is 2.29. The van der Waals surface area contributed by atoms with Crippen molar-refractivity contribution in [3.63, 3.8) is 0 Å². The third-order valence-electron chi connectivity index (χ3n) is 2.78. The molecule has 5 heteroatoms. The molecule has 1 aliphatic rings. The number of amides is 1. The van der Waals surface area contributed by atoms with E-state index >= 15 is 0 Å². The van der Waals surface area contributed by atoms with Crippen LogP contribution in [-0.4, -0.2) is 34.7 Å². The second kappa shape index (κ2) is 5.21. The van der Waals surface area contributed by atoms with Crippen LogP contribution in [0.25, 0.3) is 0 Å². The molecule has 3 nitrogen and oxygen atoms in total. The second-order valence-electron chi connectivity index (χ2n) is 4.03. The predicted molar refractivity (Wildman–Crippen MR) is 68.2 cm³/mol. The summed E-state index contributed by atoms with van der Waals surface area (Å²) < 4.78 is 0. The molecule has 16 heavy (non-hydrogen) atoms. The van der Waals surface area contributed by atoms with Gasteiger partial charge < -0.3 is 10.4 Å². The summed E-state index contributed by atoms with van der Waals surface area (Å²) in [5.74, 6) is 1.86. The van der Waals surface area contributed by atoms with E-state index in [9.17, 15) is 9.90 Å². The highest BCUT2D eigenvalue weighted by molar-refractivity contribution is 7.99. The minimum Gasteiger partial charge on any atom is -0.388 e. The zero-order valence-corrected chi connectivity index (χ0v) is 10.6. The van der Waals surface area contributed by atoms with E-state index in [1.807, 2.05) is 22.5 Å². The molecule has 0 aliphatic carbocycles. The van der Waals surface area contributed by atoms with Gasteiger partial charge >= 0.3 is 0 Å². The van der Waals surface area contributed by atoms with Gasteiger partial charge in [-0.2, -0.15) is 23.1 Å². The molecule has 1 saturated heterocycles. The predicted octanol–water partition coefficient (Wildman–Crippen LogP) is 1.74. The first-order valence-corrected chi connectivity index (χ1v) is 7.40. The molecule has 0 bridgehead atoms. The normalized spacial score (nSPS) is 19.3. The average Bonchev–Trinajstić information content (AvgIpc) is 2.80. The highest BCUT2D eigenvalue weighted by Crippen LogP contribution is 2.26. The van der Waals surface area contributed by atoms with Crippen molar-refractivity contribution < 1.29 is 9.90 Å². The van der Waals surface area contributed by atoms with Crippen LogP contribution in [0.3, 0.4) is 0 Å². The van der Waals surface area contributed by atoms with Gasteiger partial charge in [-0.1, -0.05) is 0 Å². The molecule has 1 aromatic rings. The first kappa shape index (κ1) is 12.0. The molecule has 1 aliphatic heterocycles. The van der Waals surface area contributed by atoms with E-state index in [1.165, 1.54) is 11.3 Å². The SMILES string of the molecule is O=C(NCC1(O)CCSCC1)c1ccsc1. The summed E-state index contributed by atoms with van der Waals surface area (Å²) in [5, 5.41) is 16.7. The van der Waals surface area contributed by atoms with Crippen LogP contribution in [0.2, 0.25) is 0 Å². The van der Waals surface area contributed by atoms with E-state index < -0.39 is 5.60 Å². The molecule has 2 N–H and O–H groups in total. The van der Waals surface area contributed by atoms with E-state index in [-0.39, 0.29) is 5.91 Å². The number of rotatable bonds is 3. The van der Waals surface area contributed by atoms with Crippen LogP contribution >= 0.6 is 23.1 Å². The van der Waals surface area contributed by atoms with Gasteiger partial charge in [-0.3, -0.25) is 4.79 Å². The van der Waals surface area contributed by atoms with Gasteiger partial charge in [-0.15, -0.1) is 0 Å². The molecule has 2 heterocycles. The Morgan fingerprint density at radius 2 is 2.25 bits per heavy atom. The molecular weight excluding hydrogens is 242 g/mol. The lowest BCUT2D eigenvalue weighted by Crippen LogP contribution is -2.45. The summed E-state index contributed by atoms with van der Waals surface area (Å²) >= 11 is 3.36. The maximum absolute atomic E-state index is 11.7. The minimum atomic E-state index is -0.697. The fraction of sp³-hybridized carbons (Fsp3) is 0.545. The number of thiophene rings is 1. The van der Waals surface area contributed by atoms with Crippen LogP contribution in [0.1, 0.15) is 23.2 Å².